The van der Waals surface area contributed by atoms with Crippen molar-refractivity contribution < 1.29 is 0 Å². The predicted octanol–water partition coefficient (Wildman–Crippen LogP) is 2.97. The third-order valence-corrected chi connectivity index (χ3v) is 4.06. The van der Waals surface area contributed by atoms with Crippen LogP contribution in [0, 0.1) is 0 Å². The third-order valence-electron chi connectivity index (χ3n) is 1.91. The zero-order chi connectivity index (χ0) is 9.90. The van der Waals surface area contributed by atoms with Gasteiger partial charge in [0.15, 0.2) is 0 Å². The Kier molecular flexibility index (Phi) is 3.15. The average Bonchev–Trinajstić information content (AvgIpc) is 2.04. The number of nitrogens with zero attached hydrogens (tertiary/aromatic N) is 1. The summed E-state index contributed by atoms with van der Waals surface area (Å²) in [5.41, 5.74) is 0.886. The van der Waals surface area contributed by atoms with Gasteiger partial charge in [-0.25, -0.2) is 0 Å². The first-order valence-corrected chi connectivity index (χ1v) is 8.13. The first-order valence-electron chi connectivity index (χ1n) is 4.22. The van der Waals surface area contributed by atoms with Crippen LogP contribution in [0.1, 0.15) is 0 Å². The number of hydrogen-bond donors (Lipinski definition) is 0. The third kappa shape index (κ3) is 2.88. The van der Waals surface area contributed by atoms with Gasteiger partial charge in [-0.05, 0) is 24.4 Å². The molecule has 3 heteroatoms. The smallest absolute Gasteiger partial charge is 0.0775 e. The van der Waals surface area contributed by atoms with Crippen molar-refractivity contribution in [2.45, 2.75) is 19.6 Å². The van der Waals surface area contributed by atoms with E-state index >= 15 is 0 Å². The second-order valence-electron chi connectivity index (χ2n) is 4.00. The second-order valence-corrected chi connectivity index (χ2v) is 9.26. The van der Waals surface area contributed by atoms with Gasteiger partial charge in [0, 0.05) is 0 Å². The lowest BCUT2D eigenvalue weighted by Crippen LogP contribution is -2.37. The summed E-state index contributed by atoms with van der Waals surface area (Å²) in [5, 5.41) is 3.80. The van der Waals surface area contributed by atoms with E-state index < -0.39 is 8.07 Å². The summed E-state index contributed by atoms with van der Waals surface area (Å²) in [7, 11) is -1.17. The molecule has 0 saturated carbocycles. The molecule has 0 amide bonds. The molecule has 0 aliphatic carbocycles. The van der Waals surface area contributed by atoms with E-state index in [0.717, 1.165) is 5.69 Å². The number of isothiocyanates is 1. The van der Waals surface area contributed by atoms with Gasteiger partial charge in [-0.1, -0.05) is 37.0 Å². The van der Waals surface area contributed by atoms with Gasteiger partial charge in [0.25, 0.3) is 0 Å². The fraction of sp³-hybridized carbons (Fsp3) is 0.300. The topological polar surface area (TPSA) is 12.4 Å². The van der Waals surface area contributed by atoms with Crippen LogP contribution in [0.25, 0.3) is 0 Å². The van der Waals surface area contributed by atoms with Gasteiger partial charge in [-0.3, -0.25) is 0 Å². The highest BCUT2D eigenvalue weighted by Crippen LogP contribution is 2.10. The van der Waals surface area contributed by atoms with Crippen LogP contribution < -0.4 is 5.19 Å². The Labute approximate surface area is 85.5 Å². The van der Waals surface area contributed by atoms with Crippen molar-refractivity contribution in [3.8, 4) is 0 Å². The minimum absolute atomic E-state index is 0.886. The van der Waals surface area contributed by atoms with Crippen molar-refractivity contribution in [2.24, 2.45) is 4.99 Å². The molecule has 0 bridgehead atoms. The second kappa shape index (κ2) is 3.96. The Balaban J connectivity index is 3.00. The molecule has 1 aromatic rings. The van der Waals surface area contributed by atoms with Gasteiger partial charge in [-0.15, -0.1) is 0 Å². The van der Waals surface area contributed by atoms with E-state index in [9.17, 15) is 0 Å². The summed E-state index contributed by atoms with van der Waals surface area (Å²) >= 11 is 4.53. The summed E-state index contributed by atoms with van der Waals surface area (Å²) < 4.78 is 0. The predicted molar refractivity (Wildman–Crippen MR) is 64.1 cm³/mol. The van der Waals surface area contributed by atoms with Crippen LogP contribution in [0.3, 0.4) is 0 Å². The number of hydrogen-bond acceptors (Lipinski definition) is 2. The highest BCUT2D eigenvalue weighted by molar-refractivity contribution is 7.78. The monoisotopic (exact) mass is 207 g/mol. The van der Waals surface area contributed by atoms with Gasteiger partial charge in [0.2, 0.25) is 0 Å². The molecule has 0 N–H and O–H groups in total. The van der Waals surface area contributed by atoms with E-state index in [4.69, 9.17) is 0 Å². The van der Waals surface area contributed by atoms with Crippen LogP contribution in [0.15, 0.2) is 29.3 Å². The number of rotatable bonds is 2. The summed E-state index contributed by atoms with van der Waals surface area (Å²) in [6, 6.07) is 8.26. The molecule has 1 aromatic carbocycles. The van der Waals surface area contributed by atoms with E-state index in [1.165, 1.54) is 5.19 Å². The average molecular weight is 207 g/mol. The maximum absolute atomic E-state index is 4.53. The Morgan fingerprint density at radius 1 is 1.15 bits per heavy atom. The standard InChI is InChI=1S/C10H13NSSi/c1-13(2,3)10-6-4-9(5-7-10)11-8-12/h4-7H,1-3H3. The minimum atomic E-state index is -1.17. The SMILES string of the molecule is C[Si](C)(C)c1ccc(N=C=S)cc1. The highest BCUT2D eigenvalue weighted by Gasteiger charge is 2.15. The molecule has 0 radical (unpaired) electrons. The van der Waals surface area contributed by atoms with Gasteiger partial charge in [0.05, 0.1) is 18.9 Å². The summed E-state index contributed by atoms with van der Waals surface area (Å²) in [6.45, 7) is 6.97. The molecule has 0 unspecified atom stereocenters. The molecule has 68 valence electrons. The van der Waals surface area contributed by atoms with E-state index in [-0.39, 0.29) is 0 Å². The normalized spacial score (nSPS) is 10.7. The first-order chi connectivity index (χ1) is 6.04. The molecule has 0 fully saturated rings. The van der Waals surface area contributed by atoms with Crippen LogP contribution in [0.4, 0.5) is 5.69 Å². The lowest BCUT2D eigenvalue weighted by atomic mass is 10.3. The quantitative estimate of drug-likeness (QED) is 0.412. The molecular weight excluding hydrogens is 194 g/mol. The number of thiocarbonyl (C=S) groups is 1. The number of aliphatic imine (C=N–C) groups is 1. The van der Waals surface area contributed by atoms with Crippen molar-refractivity contribution in [3.63, 3.8) is 0 Å². The van der Waals surface area contributed by atoms with Crippen LogP contribution in [0.2, 0.25) is 19.6 Å². The van der Waals surface area contributed by atoms with E-state index in [0.29, 0.717) is 0 Å². The molecule has 0 aliphatic rings. The largest absolute Gasteiger partial charge is 0.195 e. The van der Waals surface area contributed by atoms with Gasteiger partial charge in [0.1, 0.15) is 0 Å². The molecule has 0 aliphatic heterocycles. The Hall–Kier alpha value is -0.763. The van der Waals surface area contributed by atoms with E-state index in [1.54, 1.807) is 0 Å². The highest BCUT2D eigenvalue weighted by atomic mass is 32.1. The first kappa shape index (κ1) is 10.3. The molecule has 1 nitrogen and oxygen atoms in total. The Morgan fingerprint density at radius 3 is 2.08 bits per heavy atom. The van der Waals surface area contributed by atoms with Crippen LogP contribution in [-0.2, 0) is 0 Å². The van der Waals surface area contributed by atoms with Crippen molar-refractivity contribution >= 4 is 36.3 Å². The molecule has 0 heterocycles. The lowest BCUT2D eigenvalue weighted by molar-refractivity contribution is 1.56. The lowest BCUT2D eigenvalue weighted by Gasteiger charge is -2.15. The molecular formula is C10H13NSSi. The fourth-order valence-electron chi connectivity index (χ4n) is 1.09. The molecule has 0 spiro atoms. The van der Waals surface area contributed by atoms with Gasteiger partial charge < -0.3 is 0 Å². The van der Waals surface area contributed by atoms with Crippen LogP contribution in [0.5, 0.6) is 0 Å². The molecule has 13 heavy (non-hydrogen) atoms. The van der Waals surface area contributed by atoms with Crippen molar-refractivity contribution in [1.29, 1.82) is 0 Å². The Morgan fingerprint density at radius 2 is 1.69 bits per heavy atom. The summed E-state index contributed by atoms with van der Waals surface area (Å²) in [5.74, 6) is 0. The molecule has 0 atom stereocenters. The van der Waals surface area contributed by atoms with Crippen molar-refractivity contribution in [1.82, 2.24) is 0 Å². The zero-order valence-corrected chi connectivity index (χ0v) is 9.98. The van der Waals surface area contributed by atoms with Crippen molar-refractivity contribution in [2.75, 3.05) is 0 Å². The summed E-state index contributed by atoms with van der Waals surface area (Å²) in [6.07, 6.45) is 0. The summed E-state index contributed by atoms with van der Waals surface area (Å²) in [4.78, 5) is 3.91. The fourth-order valence-corrected chi connectivity index (χ4v) is 2.36. The number of benzene rings is 1. The maximum Gasteiger partial charge on any atom is 0.0775 e. The maximum atomic E-state index is 4.53. The minimum Gasteiger partial charge on any atom is -0.195 e. The van der Waals surface area contributed by atoms with Crippen LogP contribution >= 0.6 is 12.2 Å². The zero-order valence-electron chi connectivity index (χ0n) is 8.16. The van der Waals surface area contributed by atoms with E-state index in [2.05, 4.69) is 54.1 Å². The Bertz CT molecular complexity index is 331. The van der Waals surface area contributed by atoms with Crippen LogP contribution in [-0.4, -0.2) is 13.2 Å². The van der Waals surface area contributed by atoms with E-state index in [1.807, 2.05) is 12.1 Å². The van der Waals surface area contributed by atoms with Crippen molar-refractivity contribution in [3.05, 3.63) is 24.3 Å². The molecule has 0 aromatic heterocycles. The van der Waals surface area contributed by atoms with Gasteiger partial charge >= 0.3 is 0 Å². The molecule has 1 rings (SSSR count). The van der Waals surface area contributed by atoms with Gasteiger partial charge in [-0.2, -0.15) is 4.99 Å². The molecule has 0 saturated heterocycles.